The molecule has 0 saturated carbocycles. The zero-order chi connectivity index (χ0) is 24.7. The van der Waals surface area contributed by atoms with E-state index in [0.717, 1.165) is 12.0 Å². The first-order valence-corrected chi connectivity index (χ1v) is 13.0. The highest BCUT2D eigenvalue weighted by Crippen LogP contribution is 2.21. The average Bonchev–Trinajstić information content (AvgIpc) is 3.07. The highest BCUT2D eigenvalue weighted by molar-refractivity contribution is 7.89. The summed E-state index contributed by atoms with van der Waals surface area (Å²) in [4.78, 5) is 24.2. The molecular formula is C26H33N3O4S. The van der Waals surface area contributed by atoms with Crippen LogP contribution in [0.4, 0.5) is 0 Å². The van der Waals surface area contributed by atoms with Crippen molar-refractivity contribution in [1.29, 1.82) is 0 Å². The third-order valence-electron chi connectivity index (χ3n) is 6.24. The van der Waals surface area contributed by atoms with E-state index in [9.17, 15) is 18.0 Å². The maximum absolute atomic E-state index is 13.1. The van der Waals surface area contributed by atoms with Gasteiger partial charge >= 0.3 is 0 Å². The molecule has 3 rings (SSSR count). The molecule has 182 valence electrons. The largest absolute Gasteiger partial charge is 0.352 e. The first-order chi connectivity index (χ1) is 16.2. The van der Waals surface area contributed by atoms with Crippen LogP contribution >= 0.6 is 0 Å². The van der Waals surface area contributed by atoms with E-state index in [1.54, 1.807) is 12.1 Å². The normalized spacial score (nSPS) is 16.9. The number of sulfonamides is 1. The Morgan fingerprint density at radius 1 is 1.06 bits per heavy atom. The van der Waals surface area contributed by atoms with Gasteiger partial charge in [-0.25, -0.2) is 8.42 Å². The lowest BCUT2D eigenvalue weighted by molar-refractivity contribution is -0.117. The fraction of sp³-hybridized carbons (Fsp3) is 0.385. The van der Waals surface area contributed by atoms with Crippen LogP contribution in [0.5, 0.6) is 0 Å². The molecule has 1 fully saturated rings. The highest BCUT2D eigenvalue weighted by atomic mass is 32.2. The summed E-state index contributed by atoms with van der Waals surface area (Å²) in [5, 5.41) is 5.75. The van der Waals surface area contributed by atoms with Gasteiger partial charge in [-0.3, -0.25) is 9.59 Å². The van der Waals surface area contributed by atoms with Crippen molar-refractivity contribution in [1.82, 2.24) is 14.9 Å². The minimum atomic E-state index is -3.68. The van der Waals surface area contributed by atoms with Crippen molar-refractivity contribution in [2.24, 2.45) is 0 Å². The second-order valence-corrected chi connectivity index (χ2v) is 10.6. The van der Waals surface area contributed by atoms with Gasteiger partial charge in [0.15, 0.2) is 0 Å². The first-order valence-electron chi connectivity index (χ1n) is 11.6. The Labute approximate surface area is 202 Å². The SMILES string of the molecule is C=CC(=O)NC1CCCN(S(=O)(=O)c2ccc(C(=O)NCCc3ccc(C)c(C)c3)cc2)CC1. The summed E-state index contributed by atoms with van der Waals surface area (Å²) in [6.07, 6.45) is 3.86. The Hall–Kier alpha value is -2.97. The maximum Gasteiger partial charge on any atom is 0.251 e. The highest BCUT2D eigenvalue weighted by Gasteiger charge is 2.28. The van der Waals surface area contributed by atoms with Gasteiger partial charge in [-0.1, -0.05) is 24.8 Å². The molecule has 0 bridgehead atoms. The van der Waals surface area contributed by atoms with E-state index in [0.29, 0.717) is 44.5 Å². The number of rotatable bonds is 8. The van der Waals surface area contributed by atoms with Crippen LogP contribution in [0.25, 0.3) is 0 Å². The van der Waals surface area contributed by atoms with Gasteiger partial charge in [0.2, 0.25) is 15.9 Å². The van der Waals surface area contributed by atoms with E-state index >= 15 is 0 Å². The van der Waals surface area contributed by atoms with Crippen LogP contribution in [0.3, 0.4) is 0 Å². The number of carbonyl (C=O) groups excluding carboxylic acids is 2. The summed E-state index contributed by atoms with van der Waals surface area (Å²) in [6, 6.07) is 12.2. The zero-order valence-corrected chi connectivity index (χ0v) is 20.7. The standard InChI is InChI=1S/C26H33N3O4S/c1-4-25(30)28-23-6-5-16-29(17-14-23)34(32,33)24-11-9-22(10-12-24)26(31)27-15-13-21-8-7-19(2)20(3)18-21/h4,7-12,18,23H,1,5-6,13-17H2,2-3H3,(H,27,31)(H,28,30). The second-order valence-electron chi connectivity index (χ2n) is 8.69. The predicted octanol–water partition coefficient (Wildman–Crippen LogP) is 3.12. The predicted molar refractivity (Wildman–Crippen MR) is 133 cm³/mol. The Morgan fingerprint density at radius 2 is 1.79 bits per heavy atom. The molecule has 1 unspecified atom stereocenters. The second kappa shape index (κ2) is 11.4. The maximum atomic E-state index is 13.1. The van der Waals surface area contributed by atoms with Crippen molar-refractivity contribution >= 4 is 21.8 Å². The lowest BCUT2D eigenvalue weighted by atomic mass is 10.0. The molecule has 8 heteroatoms. The van der Waals surface area contributed by atoms with Crippen molar-refractivity contribution in [3.05, 3.63) is 77.4 Å². The van der Waals surface area contributed by atoms with Crippen LogP contribution in [0.15, 0.2) is 60.0 Å². The summed E-state index contributed by atoms with van der Waals surface area (Å²) < 4.78 is 27.7. The van der Waals surface area contributed by atoms with Gasteiger partial charge in [-0.05, 0) is 86.6 Å². The van der Waals surface area contributed by atoms with Crippen LogP contribution in [0.1, 0.15) is 46.3 Å². The Kier molecular flexibility index (Phi) is 8.63. The molecule has 2 amide bonds. The zero-order valence-electron chi connectivity index (χ0n) is 19.8. The Morgan fingerprint density at radius 3 is 2.47 bits per heavy atom. The molecule has 1 heterocycles. The molecule has 1 saturated heterocycles. The fourth-order valence-electron chi connectivity index (χ4n) is 4.02. The molecule has 0 aliphatic carbocycles. The van der Waals surface area contributed by atoms with Gasteiger partial charge in [0, 0.05) is 31.2 Å². The molecule has 2 aromatic rings. The van der Waals surface area contributed by atoms with E-state index in [1.807, 2.05) is 0 Å². The van der Waals surface area contributed by atoms with E-state index in [-0.39, 0.29) is 22.8 Å². The number of aryl methyl sites for hydroxylation is 2. The monoisotopic (exact) mass is 483 g/mol. The van der Waals surface area contributed by atoms with E-state index in [4.69, 9.17) is 0 Å². The average molecular weight is 484 g/mol. The van der Waals surface area contributed by atoms with Crippen molar-refractivity contribution in [2.75, 3.05) is 19.6 Å². The minimum Gasteiger partial charge on any atom is -0.352 e. The number of hydrogen-bond donors (Lipinski definition) is 2. The lowest BCUT2D eigenvalue weighted by Gasteiger charge is -2.20. The number of hydrogen-bond acceptors (Lipinski definition) is 4. The van der Waals surface area contributed by atoms with Crippen molar-refractivity contribution in [3.63, 3.8) is 0 Å². The van der Waals surface area contributed by atoms with Crippen LogP contribution < -0.4 is 10.6 Å². The number of benzene rings is 2. The van der Waals surface area contributed by atoms with Crippen LogP contribution in [-0.4, -0.2) is 50.2 Å². The molecule has 7 nitrogen and oxygen atoms in total. The first kappa shape index (κ1) is 25.6. The molecule has 1 aliphatic heterocycles. The van der Waals surface area contributed by atoms with Crippen molar-refractivity contribution in [3.8, 4) is 0 Å². The van der Waals surface area contributed by atoms with E-state index < -0.39 is 10.0 Å². The van der Waals surface area contributed by atoms with Gasteiger partial charge in [0.25, 0.3) is 5.91 Å². The summed E-state index contributed by atoms with van der Waals surface area (Å²) in [5.74, 6) is -0.479. The number of nitrogens with one attached hydrogen (secondary N) is 2. The topological polar surface area (TPSA) is 95.6 Å². The lowest BCUT2D eigenvalue weighted by Crippen LogP contribution is -2.36. The van der Waals surface area contributed by atoms with E-state index in [2.05, 4.69) is 49.3 Å². The summed E-state index contributed by atoms with van der Waals surface area (Å²) in [6.45, 7) is 8.80. The van der Waals surface area contributed by atoms with Crippen molar-refractivity contribution in [2.45, 2.75) is 50.5 Å². The van der Waals surface area contributed by atoms with Crippen molar-refractivity contribution < 1.29 is 18.0 Å². The summed E-state index contributed by atoms with van der Waals surface area (Å²) in [5.41, 5.74) is 4.04. The van der Waals surface area contributed by atoms with Crippen LogP contribution in [-0.2, 0) is 21.2 Å². The van der Waals surface area contributed by atoms with Gasteiger partial charge in [0.1, 0.15) is 0 Å². The number of nitrogens with zero attached hydrogens (tertiary/aromatic N) is 1. The minimum absolute atomic E-state index is 0.0689. The summed E-state index contributed by atoms with van der Waals surface area (Å²) >= 11 is 0. The van der Waals surface area contributed by atoms with Gasteiger partial charge in [-0.15, -0.1) is 0 Å². The summed E-state index contributed by atoms with van der Waals surface area (Å²) in [7, 11) is -3.68. The quantitative estimate of drug-likeness (QED) is 0.564. The van der Waals surface area contributed by atoms with Crippen LogP contribution in [0.2, 0.25) is 0 Å². The third kappa shape index (κ3) is 6.55. The van der Waals surface area contributed by atoms with Gasteiger partial charge in [-0.2, -0.15) is 4.31 Å². The molecule has 1 atom stereocenters. The molecule has 0 radical (unpaired) electrons. The fourth-order valence-corrected chi connectivity index (χ4v) is 5.52. The third-order valence-corrected chi connectivity index (χ3v) is 8.16. The van der Waals surface area contributed by atoms with Crippen LogP contribution in [0, 0.1) is 13.8 Å². The van der Waals surface area contributed by atoms with Gasteiger partial charge in [0.05, 0.1) is 4.90 Å². The number of carbonyl (C=O) groups is 2. The molecule has 0 aromatic heterocycles. The molecule has 2 aromatic carbocycles. The molecule has 2 N–H and O–H groups in total. The number of amides is 2. The van der Waals surface area contributed by atoms with E-state index in [1.165, 1.54) is 33.6 Å². The Bertz CT molecular complexity index is 1140. The smallest absolute Gasteiger partial charge is 0.251 e. The molecule has 1 aliphatic rings. The molecule has 0 spiro atoms. The Balaban J connectivity index is 1.56. The van der Waals surface area contributed by atoms with Gasteiger partial charge < -0.3 is 10.6 Å². The molecule has 34 heavy (non-hydrogen) atoms. The molecular weight excluding hydrogens is 450 g/mol.